The van der Waals surface area contributed by atoms with Crippen molar-refractivity contribution in [3.05, 3.63) is 53.8 Å². The average Bonchev–Trinajstić information content (AvgIpc) is 3.36. The Hall–Kier alpha value is -1.96. The third kappa shape index (κ3) is 3.85. The molecule has 0 radical (unpaired) electrons. The normalized spacial score (nSPS) is 16.7. The van der Waals surface area contributed by atoms with E-state index in [4.69, 9.17) is 4.74 Å². The maximum absolute atomic E-state index is 14.1. The fourth-order valence-corrected chi connectivity index (χ4v) is 4.54. The first-order valence-corrected chi connectivity index (χ1v) is 10.8. The number of ether oxygens (including phenoxy) is 1. The van der Waals surface area contributed by atoms with Gasteiger partial charge in [0.05, 0.1) is 17.3 Å². The zero-order valence-corrected chi connectivity index (χ0v) is 16.5. The summed E-state index contributed by atoms with van der Waals surface area (Å²) in [5, 5.41) is 0.504. The summed E-state index contributed by atoms with van der Waals surface area (Å²) in [7, 11) is 0. The largest absolute Gasteiger partial charge is 0.376 e. The molecule has 1 aromatic heterocycles. The van der Waals surface area contributed by atoms with Crippen molar-refractivity contribution < 1.29 is 13.9 Å². The number of thioether (sulfide) groups is 1. The van der Waals surface area contributed by atoms with Crippen LogP contribution < -0.4 is 4.90 Å². The minimum atomic E-state index is -0.371. The van der Waals surface area contributed by atoms with Gasteiger partial charge in [0.2, 0.25) is 0 Å². The molecule has 1 amide bonds. The van der Waals surface area contributed by atoms with Crippen LogP contribution in [0.2, 0.25) is 0 Å². The van der Waals surface area contributed by atoms with Crippen molar-refractivity contribution in [2.45, 2.75) is 23.8 Å². The molecule has 4 rings (SSSR count). The highest BCUT2D eigenvalue weighted by Crippen LogP contribution is 2.32. The van der Waals surface area contributed by atoms with E-state index in [9.17, 15) is 9.18 Å². The molecule has 0 spiro atoms. The molecule has 0 saturated carbocycles. The number of benzene rings is 2. The SMILES string of the molecule is CSc1ccc(C(=O)N(CC2CCCO2)c2nc3c(F)cccc3s2)cc1. The molecule has 140 valence electrons. The van der Waals surface area contributed by atoms with Crippen LogP contribution in [0.4, 0.5) is 9.52 Å². The van der Waals surface area contributed by atoms with Gasteiger partial charge in [-0.15, -0.1) is 11.8 Å². The lowest BCUT2D eigenvalue weighted by Gasteiger charge is -2.23. The topological polar surface area (TPSA) is 42.4 Å². The molecule has 0 bridgehead atoms. The Balaban J connectivity index is 1.70. The Morgan fingerprint density at radius 2 is 2.15 bits per heavy atom. The number of amides is 1. The van der Waals surface area contributed by atoms with Crippen LogP contribution in [-0.4, -0.2) is 36.4 Å². The molecule has 2 heterocycles. The van der Waals surface area contributed by atoms with Gasteiger partial charge in [-0.2, -0.15) is 0 Å². The predicted octanol–water partition coefficient (Wildman–Crippen LogP) is 4.98. The number of anilines is 1. The molecule has 7 heteroatoms. The number of nitrogens with zero attached hydrogens (tertiary/aromatic N) is 2. The molecule has 0 aliphatic carbocycles. The van der Waals surface area contributed by atoms with Gasteiger partial charge in [0.25, 0.3) is 5.91 Å². The maximum Gasteiger partial charge on any atom is 0.260 e. The van der Waals surface area contributed by atoms with Crippen LogP contribution >= 0.6 is 23.1 Å². The van der Waals surface area contributed by atoms with Crippen LogP contribution in [0.15, 0.2) is 47.4 Å². The molecule has 0 N–H and O–H groups in total. The van der Waals surface area contributed by atoms with Gasteiger partial charge in [0.15, 0.2) is 5.13 Å². The number of carbonyl (C=O) groups is 1. The first kappa shape index (κ1) is 18.4. The van der Waals surface area contributed by atoms with Crippen molar-refractivity contribution in [2.24, 2.45) is 0 Å². The van der Waals surface area contributed by atoms with Crippen molar-refractivity contribution >= 4 is 44.4 Å². The van der Waals surface area contributed by atoms with Gasteiger partial charge < -0.3 is 4.74 Å². The molecule has 1 unspecified atom stereocenters. The Bertz CT molecular complexity index is 952. The number of halogens is 1. The lowest BCUT2D eigenvalue weighted by Crippen LogP contribution is -2.37. The number of fused-ring (bicyclic) bond motifs is 1. The van der Waals surface area contributed by atoms with E-state index in [2.05, 4.69) is 4.98 Å². The van der Waals surface area contributed by atoms with E-state index in [-0.39, 0.29) is 17.8 Å². The van der Waals surface area contributed by atoms with Crippen LogP contribution in [0, 0.1) is 5.82 Å². The fourth-order valence-electron chi connectivity index (χ4n) is 3.15. The molecule has 27 heavy (non-hydrogen) atoms. The number of hydrogen-bond donors (Lipinski definition) is 0. The minimum Gasteiger partial charge on any atom is -0.376 e. The lowest BCUT2D eigenvalue weighted by molar-refractivity contribution is 0.0917. The number of aromatic nitrogens is 1. The molecule has 1 fully saturated rings. The number of carbonyl (C=O) groups excluding carboxylic acids is 1. The lowest BCUT2D eigenvalue weighted by atomic mass is 10.2. The predicted molar refractivity (Wildman–Crippen MR) is 108 cm³/mol. The van der Waals surface area contributed by atoms with Gasteiger partial charge in [-0.25, -0.2) is 9.37 Å². The van der Waals surface area contributed by atoms with E-state index in [1.165, 1.54) is 17.4 Å². The second kappa shape index (κ2) is 7.96. The van der Waals surface area contributed by atoms with Crippen LogP contribution in [0.5, 0.6) is 0 Å². The Morgan fingerprint density at radius 1 is 1.33 bits per heavy atom. The molecule has 3 aromatic rings. The van der Waals surface area contributed by atoms with Gasteiger partial charge in [0, 0.05) is 17.1 Å². The van der Waals surface area contributed by atoms with Crippen molar-refractivity contribution in [1.29, 1.82) is 0 Å². The summed E-state index contributed by atoms with van der Waals surface area (Å²) in [6.07, 6.45) is 3.88. The van der Waals surface area contributed by atoms with Crippen molar-refractivity contribution in [2.75, 3.05) is 24.3 Å². The summed E-state index contributed by atoms with van der Waals surface area (Å²) < 4.78 is 20.5. The first-order chi connectivity index (χ1) is 13.2. The summed E-state index contributed by atoms with van der Waals surface area (Å²) in [6.45, 7) is 1.13. The van der Waals surface area contributed by atoms with Crippen molar-refractivity contribution in [3.63, 3.8) is 0 Å². The van der Waals surface area contributed by atoms with Crippen molar-refractivity contribution in [1.82, 2.24) is 4.98 Å². The Labute approximate surface area is 165 Å². The van der Waals surface area contributed by atoms with Crippen LogP contribution in [-0.2, 0) is 4.74 Å². The van der Waals surface area contributed by atoms with E-state index in [0.29, 0.717) is 29.4 Å². The zero-order chi connectivity index (χ0) is 18.8. The van der Waals surface area contributed by atoms with Gasteiger partial charge in [-0.05, 0) is 55.5 Å². The third-order valence-corrected chi connectivity index (χ3v) is 6.37. The first-order valence-electron chi connectivity index (χ1n) is 8.78. The number of rotatable bonds is 5. The van der Waals surface area contributed by atoms with Gasteiger partial charge in [-0.3, -0.25) is 9.69 Å². The molecular weight excluding hydrogens is 383 g/mol. The van der Waals surface area contributed by atoms with Gasteiger partial charge in [0.1, 0.15) is 11.3 Å². The average molecular weight is 403 g/mol. The summed E-state index contributed by atoms with van der Waals surface area (Å²) in [5.41, 5.74) is 0.894. The summed E-state index contributed by atoms with van der Waals surface area (Å²) in [6, 6.07) is 12.4. The third-order valence-electron chi connectivity index (χ3n) is 4.58. The van der Waals surface area contributed by atoms with E-state index >= 15 is 0 Å². The molecule has 1 aliphatic rings. The Morgan fingerprint density at radius 3 is 2.81 bits per heavy atom. The second-order valence-corrected chi connectivity index (χ2v) is 8.25. The van der Waals surface area contributed by atoms with Crippen LogP contribution in [0.1, 0.15) is 23.2 Å². The smallest absolute Gasteiger partial charge is 0.260 e. The number of para-hydroxylation sites is 1. The second-order valence-electron chi connectivity index (χ2n) is 6.36. The number of thiazole rings is 1. The highest BCUT2D eigenvalue weighted by atomic mass is 32.2. The zero-order valence-electron chi connectivity index (χ0n) is 14.9. The quantitative estimate of drug-likeness (QED) is 0.564. The van der Waals surface area contributed by atoms with E-state index < -0.39 is 0 Å². The monoisotopic (exact) mass is 402 g/mol. The molecule has 1 atom stereocenters. The molecule has 2 aromatic carbocycles. The standard InChI is InChI=1S/C20H19FN2O2S2/c1-26-15-9-7-13(8-10-15)19(24)23(12-14-4-3-11-25-14)20-22-18-16(21)5-2-6-17(18)27-20/h2,5-10,14H,3-4,11-12H2,1H3. The summed E-state index contributed by atoms with van der Waals surface area (Å²) in [5.74, 6) is -0.513. The summed E-state index contributed by atoms with van der Waals surface area (Å²) in [4.78, 5) is 20.4. The van der Waals surface area contributed by atoms with Crippen molar-refractivity contribution in [3.8, 4) is 0 Å². The highest BCUT2D eigenvalue weighted by Gasteiger charge is 2.27. The molecule has 1 aliphatic heterocycles. The van der Waals surface area contributed by atoms with E-state index in [1.807, 2.05) is 36.6 Å². The van der Waals surface area contributed by atoms with Gasteiger partial charge in [-0.1, -0.05) is 17.4 Å². The number of hydrogen-bond acceptors (Lipinski definition) is 5. The molecular formula is C20H19FN2O2S2. The van der Waals surface area contributed by atoms with Crippen LogP contribution in [0.3, 0.4) is 0 Å². The molecule has 4 nitrogen and oxygen atoms in total. The minimum absolute atomic E-state index is 0.0173. The van der Waals surface area contributed by atoms with Gasteiger partial charge >= 0.3 is 0 Å². The van der Waals surface area contributed by atoms with E-state index in [1.54, 1.807) is 22.7 Å². The molecule has 1 saturated heterocycles. The van der Waals surface area contributed by atoms with Crippen LogP contribution in [0.25, 0.3) is 10.2 Å². The Kier molecular flexibility index (Phi) is 5.43. The summed E-state index contributed by atoms with van der Waals surface area (Å²) >= 11 is 2.96. The maximum atomic E-state index is 14.1. The fraction of sp³-hybridized carbons (Fsp3) is 0.300. The highest BCUT2D eigenvalue weighted by molar-refractivity contribution is 7.98. The van der Waals surface area contributed by atoms with E-state index in [0.717, 1.165) is 22.4 Å².